The molecule has 1 aliphatic heterocycles. The summed E-state index contributed by atoms with van der Waals surface area (Å²) >= 11 is 0. The van der Waals surface area contributed by atoms with Crippen LogP contribution in [0.25, 0.3) is 0 Å². The molecule has 0 unspecified atom stereocenters. The number of carbonyl (C=O) groups excluding carboxylic acids is 1. The molecule has 1 amide bonds. The molecule has 7 heteroatoms. The first-order valence-corrected chi connectivity index (χ1v) is 10.9. The van der Waals surface area contributed by atoms with Crippen LogP contribution in [0.1, 0.15) is 28.8 Å². The second-order valence-electron chi connectivity index (χ2n) is 7.03. The molecule has 0 radical (unpaired) electrons. The lowest BCUT2D eigenvalue weighted by Gasteiger charge is -2.18. The standard InChI is InChI=1S/C21H26N2O4S/c1-17-6-5-7-19(16-17)27-15-14-22(2)21(24)18-8-10-20(11-9-18)28(25,26)23-12-3-4-13-23/h5-11,16H,3-4,12-15H2,1-2H3. The van der Waals surface area contributed by atoms with Gasteiger partial charge in [0.15, 0.2) is 0 Å². The smallest absolute Gasteiger partial charge is 0.253 e. The van der Waals surface area contributed by atoms with Gasteiger partial charge in [0.25, 0.3) is 5.91 Å². The van der Waals surface area contributed by atoms with Gasteiger partial charge in [-0.1, -0.05) is 12.1 Å². The minimum absolute atomic E-state index is 0.169. The number of amides is 1. The van der Waals surface area contributed by atoms with Crippen LogP contribution in [0.5, 0.6) is 5.75 Å². The number of sulfonamides is 1. The van der Waals surface area contributed by atoms with E-state index in [1.807, 2.05) is 31.2 Å². The van der Waals surface area contributed by atoms with Crippen molar-refractivity contribution in [1.82, 2.24) is 9.21 Å². The van der Waals surface area contributed by atoms with Gasteiger partial charge in [0.1, 0.15) is 12.4 Å². The van der Waals surface area contributed by atoms with Crippen LogP contribution >= 0.6 is 0 Å². The maximum Gasteiger partial charge on any atom is 0.253 e. The van der Waals surface area contributed by atoms with Crippen LogP contribution in [0.2, 0.25) is 0 Å². The van der Waals surface area contributed by atoms with E-state index in [2.05, 4.69) is 0 Å². The Hall–Kier alpha value is -2.38. The van der Waals surface area contributed by atoms with E-state index in [4.69, 9.17) is 4.74 Å². The summed E-state index contributed by atoms with van der Waals surface area (Å²) < 4.78 is 32.3. The lowest BCUT2D eigenvalue weighted by molar-refractivity contribution is 0.0773. The fourth-order valence-electron chi connectivity index (χ4n) is 3.17. The van der Waals surface area contributed by atoms with Gasteiger partial charge in [0.2, 0.25) is 10.0 Å². The Kier molecular flexibility index (Phi) is 6.36. The van der Waals surface area contributed by atoms with Crippen LogP contribution < -0.4 is 4.74 Å². The molecule has 0 saturated carbocycles. The third kappa shape index (κ3) is 4.72. The molecule has 0 N–H and O–H groups in total. The molecule has 2 aromatic carbocycles. The van der Waals surface area contributed by atoms with Crippen LogP contribution in [0.4, 0.5) is 0 Å². The summed E-state index contributed by atoms with van der Waals surface area (Å²) in [6, 6.07) is 13.9. The summed E-state index contributed by atoms with van der Waals surface area (Å²) in [5.41, 5.74) is 1.57. The predicted molar refractivity (Wildman–Crippen MR) is 108 cm³/mol. The fourth-order valence-corrected chi connectivity index (χ4v) is 4.69. The largest absolute Gasteiger partial charge is 0.492 e. The molecule has 0 bridgehead atoms. The van der Waals surface area contributed by atoms with Crippen molar-refractivity contribution in [2.24, 2.45) is 0 Å². The van der Waals surface area contributed by atoms with E-state index >= 15 is 0 Å². The molecular weight excluding hydrogens is 376 g/mol. The highest BCUT2D eigenvalue weighted by atomic mass is 32.2. The zero-order valence-corrected chi connectivity index (χ0v) is 17.1. The molecule has 6 nitrogen and oxygen atoms in total. The average molecular weight is 403 g/mol. The van der Waals surface area contributed by atoms with Crippen molar-refractivity contribution in [3.63, 3.8) is 0 Å². The molecule has 0 aliphatic carbocycles. The van der Waals surface area contributed by atoms with E-state index in [1.165, 1.54) is 16.4 Å². The van der Waals surface area contributed by atoms with Crippen molar-refractivity contribution in [3.8, 4) is 5.75 Å². The van der Waals surface area contributed by atoms with Gasteiger partial charge in [-0.15, -0.1) is 0 Å². The van der Waals surface area contributed by atoms with Crippen molar-refractivity contribution < 1.29 is 17.9 Å². The normalized spacial score (nSPS) is 14.8. The molecule has 28 heavy (non-hydrogen) atoms. The van der Waals surface area contributed by atoms with Gasteiger partial charge in [0, 0.05) is 25.7 Å². The summed E-state index contributed by atoms with van der Waals surface area (Å²) in [5.74, 6) is 0.607. The van der Waals surface area contributed by atoms with E-state index in [1.54, 1.807) is 24.1 Å². The topological polar surface area (TPSA) is 66.9 Å². The van der Waals surface area contributed by atoms with Crippen molar-refractivity contribution >= 4 is 15.9 Å². The van der Waals surface area contributed by atoms with Gasteiger partial charge >= 0.3 is 0 Å². The Morgan fingerprint density at radius 1 is 1.11 bits per heavy atom. The van der Waals surface area contributed by atoms with E-state index in [0.29, 0.717) is 31.8 Å². The van der Waals surface area contributed by atoms with Crippen molar-refractivity contribution in [3.05, 3.63) is 59.7 Å². The van der Waals surface area contributed by atoms with Crippen molar-refractivity contribution in [2.45, 2.75) is 24.7 Å². The van der Waals surface area contributed by atoms with E-state index in [0.717, 1.165) is 24.2 Å². The van der Waals surface area contributed by atoms with E-state index in [9.17, 15) is 13.2 Å². The van der Waals surface area contributed by atoms with Crippen LogP contribution in [0.15, 0.2) is 53.4 Å². The molecule has 2 aromatic rings. The molecule has 150 valence electrons. The Bertz CT molecular complexity index is 920. The number of aryl methyl sites for hydroxylation is 1. The summed E-state index contributed by atoms with van der Waals surface area (Å²) in [7, 11) is -1.76. The second-order valence-corrected chi connectivity index (χ2v) is 8.97. The fraction of sp³-hybridized carbons (Fsp3) is 0.381. The Balaban J connectivity index is 1.57. The van der Waals surface area contributed by atoms with Crippen LogP contribution in [0, 0.1) is 6.92 Å². The van der Waals surface area contributed by atoms with Crippen LogP contribution in [-0.2, 0) is 10.0 Å². The zero-order chi connectivity index (χ0) is 20.1. The Morgan fingerprint density at radius 3 is 2.43 bits per heavy atom. The molecule has 1 aliphatic rings. The summed E-state index contributed by atoms with van der Waals surface area (Å²) in [4.78, 5) is 14.4. The monoisotopic (exact) mass is 402 g/mol. The predicted octanol–water partition coefficient (Wildman–Crippen LogP) is 2.93. The number of nitrogens with zero attached hydrogens (tertiary/aromatic N) is 2. The van der Waals surface area contributed by atoms with Gasteiger partial charge in [-0.05, 0) is 61.7 Å². The van der Waals surface area contributed by atoms with Crippen LogP contribution in [-0.4, -0.2) is 56.8 Å². The second kappa shape index (κ2) is 8.75. The average Bonchev–Trinajstić information content (AvgIpc) is 3.23. The number of benzene rings is 2. The minimum atomic E-state index is -3.46. The number of rotatable bonds is 7. The number of ether oxygens (including phenoxy) is 1. The third-order valence-corrected chi connectivity index (χ3v) is 6.75. The minimum Gasteiger partial charge on any atom is -0.492 e. The molecule has 3 rings (SSSR count). The molecule has 1 fully saturated rings. The maximum absolute atomic E-state index is 12.6. The van der Waals surface area contributed by atoms with Gasteiger partial charge in [-0.3, -0.25) is 4.79 Å². The van der Waals surface area contributed by atoms with Crippen molar-refractivity contribution in [2.75, 3.05) is 33.3 Å². The summed E-state index contributed by atoms with van der Waals surface area (Å²) in [6.45, 7) is 3.93. The van der Waals surface area contributed by atoms with E-state index in [-0.39, 0.29) is 10.8 Å². The number of carbonyl (C=O) groups is 1. The third-order valence-electron chi connectivity index (χ3n) is 4.84. The lowest BCUT2D eigenvalue weighted by atomic mass is 10.2. The number of hydrogen-bond acceptors (Lipinski definition) is 4. The first-order valence-electron chi connectivity index (χ1n) is 9.43. The van der Waals surface area contributed by atoms with Gasteiger partial charge in [-0.25, -0.2) is 8.42 Å². The molecule has 1 heterocycles. The molecule has 0 atom stereocenters. The van der Waals surface area contributed by atoms with Crippen molar-refractivity contribution in [1.29, 1.82) is 0 Å². The highest BCUT2D eigenvalue weighted by Crippen LogP contribution is 2.21. The molecule has 0 aromatic heterocycles. The van der Waals surface area contributed by atoms with E-state index < -0.39 is 10.0 Å². The highest BCUT2D eigenvalue weighted by Gasteiger charge is 2.27. The summed E-state index contributed by atoms with van der Waals surface area (Å²) in [6.07, 6.45) is 1.79. The van der Waals surface area contributed by atoms with Gasteiger partial charge in [-0.2, -0.15) is 4.31 Å². The first kappa shape index (κ1) is 20.4. The lowest BCUT2D eigenvalue weighted by Crippen LogP contribution is -2.31. The van der Waals surface area contributed by atoms with Gasteiger partial charge in [0.05, 0.1) is 11.4 Å². The maximum atomic E-state index is 12.6. The van der Waals surface area contributed by atoms with Gasteiger partial charge < -0.3 is 9.64 Å². The molecule has 0 spiro atoms. The summed E-state index contributed by atoms with van der Waals surface area (Å²) in [5, 5.41) is 0. The number of hydrogen-bond donors (Lipinski definition) is 0. The Morgan fingerprint density at radius 2 is 1.79 bits per heavy atom. The Labute approximate surface area is 166 Å². The highest BCUT2D eigenvalue weighted by molar-refractivity contribution is 7.89. The molecular formula is C21H26N2O4S. The molecule has 1 saturated heterocycles. The number of likely N-dealkylation sites (N-methyl/N-ethyl adjacent to an activating group) is 1. The zero-order valence-electron chi connectivity index (χ0n) is 16.3. The first-order chi connectivity index (χ1) is 13.4. The SMILES string of the molecule is Cc1cccc(OCCN(C)C(=O)c2ccc(S(=O)(=O)N3CCCC3)cc2)c1. The quantitative estimate of drug-likeness (QED) is 0.714. The van der Waals surface area contributed by atoms with Crippen LogP contribution in [0.3, 0.4) is 0 Å².